The van der Waals surface area contributed by atoms with Crippen LogP contribution in [0.1, 0.15) is 34.3 Å². The van der Waals surface area contributed by atoms with E-state index in [2.05, 4.69) is 5.32 Å². The summed E-state index contributed by atoms with van der Waals surface area (Å²) in [6, 6.07) is 14.9. The van der Waals surface area contributed by atoms with Crippen LogP contribution >= 0.6 is 0 Å². The van der Waals surface area contributed by atoms with E-state index in [4.69, 9.17) is 10.5 Å². The summed E-state index contributed by atoms with van der Waals surface area (Å²) in [5.41, 5.74) is 7.81. The molecule has 27 heavy (non-hydrogen) atoms. The van der Waals surface area contributed by atoms with Crippen LogP contribution in [0.15, 0.2) is 48.5 Å². The van der Waals surface area contributed by atoms with E-state index in [0.29, 0.717) is 18.7 Å². The lowest BCUT2D eigenvalue weighted by Gasteiger charge is -2.17. The normalized spacial score (nSPS) is 13.6. The molecule has 6 nitrogen and oxygen atoms in total. The van der Waals surface area contributed by atoms with Gasteiger partial charge in [0.25, 0.3) is 5.91 Å². The molecule has 0 bridgehead atoms. The van der Waals surface area contributed by atoms with E-state index in [9.17, 15) is 9.59 Å². The molecule has 1 aliphatic rings. The van der Waals surface area contributed by atoms with Gasteiger partial charge in [-0.25, -0.2) is 0 Å². The maximum Gasteiger partial charge on any atom is 0.260 e. The number of likely N-dealkylation sites (tertiary alicyclic amines) is 1. The smallest absolute Gasteiger partial charge is 0.260 e. The molecule has 0 aromatic heterocycles. The van der Waals surface area contributed by atoms with E-state index in [1.807, 2.05) is 41.3 Å². The van der Waals surface area contributed by atoms with Crippen molar-refractivity contribution >= 4 is 11.8 Å². The molecule has 0 unspecified atom stereocenters. The molecule has 3 rings (SSSR count). The van der Waals surface area contributed by atoms with Crippen LogP contribution in [-0.4, -0.2) is 36.4 Å². The average molecular weight is 367 g/mol. The zero-order valence-corrected chi connectivity index (χ0v) is 15.3. The summed E-state index contributed by atoms with van der Waals surface area (Å²) < 4.78 is 5.77. The maximum absolute atomic E-state index is 12.2. The molecule has 2 aromatic carbocycles. The number of hydrogen-bond acceptors (Lipinski definition) is 4. The van der Waals surface area contributed by atoms with Gasteiger partial charge in [0.2, 0.25) is 5.91 Å². The number of carbonyl (C=O) groups excluding carboxylic acids is 2. The molecule has 2 aromatic rings. The van der Waals surface area contributed by atoms with E-state index in [0.717, 1.165) is 42.8 Å². The van der Waals surface area contributed by atoms with Gasteiger partial charge < -0.3 is 20.7 Å². The van der Waals surface area contributed by atoms with Gasteiger partial charge in [-0.1, -0.05) is 30.3 Å². The molecule has 0 spiro atoms. The zero-order valence-electron chi connectivity index (χ0n) is 15.3. The van der Waals surface area contributed by atoms with E-state index in [1.54, 1.807) is 12.1 Å². The van der Waals surface area contributed by atoms with Crippen molar-refractivity contribution in [2.75, 3.05) is 19.7 Å². The second-order valence-electron chi connectivity index (χ2n) is 6.65. The standard InChI is InChI=1S/C21H25N3O3/c22-21(26)17-9-7-16(8-10-17)13-23-14-18-5-1-2-6-19(18)27-15-20(25)24-11-3-4-12-24/h1-2,5-10,23H,3-4,11-15H2,(H2,22,26). The first-order chi connectivity index (χ1) is 13.1. The molecule has 1 aliphatic heterocycles. The number of nitrogens with zero attached hydrogens (tertiary/aromatic N) is 1. The Kier molecular flexibility index (Phi) is 6.44. The van der Waals surface area contributed by atoms with Gasteiger partial charge in [-0.05, 0) is 36.6 Å². The highest BCUT2D eigenvalue weighted by Gasteiger charge is 2.18. The number of ether oxygens (including phenoxy) is 1. The predicted octanol–water partition coefficient (Wildman–Crippen LogP) is 2.08. The molecule has 0 atom stereocenters. The molecule has 1 saturated heterocycles. The van der Waals surface area contributed by atoms with E-state index in [-0.39, 0.29) is 12.5 Å². The Morgan fingerprint density at radius 1 is 1.00 bits per heavy atom. The number of amides is 2. The fourth-order valence-electron chi connectivity index (χ4n) is 3.12. The molecule has 1 fully saturated rings. The number of hydrogen-bond donors (Lipinski definition) is 2. The van der Waals surface area contributed by atoms with E-state index < -0.39 is 5.91 Å². The van der Waals surface area contributed by atoms with Crippen LogP contribution in [0.4, 0.5) is 0 Å². The average Bonchev–Trinajstić information content (AvgIpc) is 3.22. The van der Waals surface area contributed by atoms with Gasteiger partial charge in [0.1, 0.15) is 5.75 Å². The highest BCUT2D eigenvalue weighted by Crippen LogP contribution is 2.18. The molecule has 2 amide bonds. The van der Waals surface area contributed by atoms with Crippen molar-refractivity contribution in [1.29, 1.82) is 0 Å². The molecular weight excluding hydrogens is 342 g/mol. The zero-order chi connectivity index (χ0) is 19.1. The number of primary amides is 1. The Morgan fingerprint density at radius 3 is 2.41 bits per heavy atom. The topological polar surface area (TPSA) is 84.7 Å². The fourth-order valence-corrected chi connectivity index (χ4v) is 3.12. The number of benzene rings is 2. The third kappa shape index (κ3) is 5.31. The minimum Gasteiger partial charge on any atom is -0.483 e. The monoisotopic (exact) mass is 367 g/mol. The summed E-state index contributed by atoms with van der Waals surface area (Å²) in [6.07, 6.45) is 2.15. The second kappa shape index (κ2) is 9.19. The van der Waals surface area contributed by atoms with Crippen LogP contribution in [0.2, 0.25) is 0 Å². The fraction of sp³-hybridized carbons (Fsp3) is 0.333. The Balaban J connectivity index is 1.51. The summed E-state index contributed by atoms with van der Waals surface area (Å²) in [4.78, 5) is 25.1. The first-order valence-electron chi connectivity index (χ1n) is 9.21. The van der Waals surface area contributed by atoms with E-state index >= 15 is 0 Å². The highest BCUT2D eigenvalue weighted by molar-refractivity contribution is 5.92. The van der Waals surface area contributed by atoms with Crippen LogP contribution in [0.25, 0.3) is 0 Å². The van der Waals surface area contributed by atoms with Crippen molar-refractivity contribution in [2.24, 2.45) is 5.73 Å². The summed E-state index contributed by atoms with van der Waals surface area (Å²) in [6.45, 7) is 3.01. The summed E-state index contributed by atoms with van der Waals surface area (Å²) in [5, 5.41) is 3.36. The number of nitrogens with two attached hydrogens (primary N) is 1. The van der Waals surface area contributed by atoms with Crippen LogP contribution in [0, 0.1) is 0 Å². The third-order valence-corrected chi connectivity index (χ3v) is 4.67. The Morgan fingerprint density at radius 2 is 1.70 bits per heavy atom. The van der Waals surface area contributed by atoms with Crippen LogP contribution in [-0.2, 0) is 17.9 Å². The van der Waals surface area contributed by atoms with Crippen molar-refractivity contribution in [2.45, 2.75) is 25.9 Å². The Hall–Kier alpha value is -2.86. The molecule has 0 saturated carbocycles. The van der Waals surface area contributed by atoms with Crippen LogP contribution < -0.4 is 15.8 Å². The van der Waals surface area contributed by atoms with Gasteiger partial charge in [-0.3, -0.25) is 9.59 Å². The Labute approximate surface area is 159 Å². The molecule has 0 aliphatic carbocycles. The molecule has 1 heterocycles. The first-order valence-corrected chi connectivity index (χ1v) is 9.21. The SMILES string of the molecule is NC(=O)c1ccc(CNCc2ccccc2OCC(=O)N2CCCC2)cc1. The van der Waals surface area contributed by atoms with Gasteiger partial charge in [-0.15, -0.1) is 0 Å². The number of carbonyl (C=O) groups is 2. The van der Waals surface area contributed by atoms with Crippen LogP contribution in [0.3, 0.4) is 0 Å². The molecule has 6 heteroatoms. The van der Waals surface area contributed by atoms with E-state index in [1.165, 1.54) is 0 Å². The van der Waals surface area contributed by atoms with Crippen molar-refractivity contribution in [3.05, 3.63) is 65.2 Å². The van der Waals surface area contributed by atoms with Crippen LogP contribution in [0.5, 0.6) is 5.75 Å². The van der Waals surface area contributed by atoms with Gasteiger partial charge >= 0.3 is 0 Å². The second-order valence-corrected chi connectivity index (χ2v) is 6.65. The molecule has 3 N–H and O–H groups in total. The van der Waals surface area contributed by atoms with Gasteiger partial charge in [0.15, 0.2) is 6.61 Å². The molecular formula is C21H25N3O3. The summed E-state index contributed by atoms with van der Waals surface area (Å²) >= 11 is 0. The highest BCUT2D eigenvalue weighted by atomic mass is 16.5. The van der Waals surface area contributed by atoms with Crippen molar-refractivity contribution in [1.82, 2.24) is 10.2 Å². The summed E-state index contributed by atoms with van der Waals surface area (Å²) in [5.74, 6) is 0.343. The lowest BCUT2D eigenvalue weighted by molar-refractivity contribution is -0.132. The molecule has 142 valence electrons. The van der Waals surface area contributed by atoms with Crippen molar-refractivity contribution in [3.63, 3.8) is 0 Å². The Bertz CT molecular complexity index is 784. The number of rotatable bonds is 8. The predicted molar refractivity (Wildman–Crippen MR) is 103 cm³/mol. The van der Waals surface area contributed by atoms with Gasteiger partial charge in [0.05, 0.1) is 0 Å². The van der Waals surface area contributed by atoms with Crippen molar-refractivity contribution < 1.29 is 14.3 Å². The lowest BCUT2D eigenvalue weighted by Crippen LogP contribution is -2.32. The van der Waals surface area contributed by atoms with Gasteiger partial charge in [-0.2, -0.15) is 0 Å². The third-order valence-electron chi connectivity index (χ3n) is 4.67. The minimum atomic E-state index is -0.427. The minimum absolute atomic E-state index is 0.0461. The maximum atomic E-state index is 12.2. The first kappa shape index (κ1) is 18.9. The largest absolute Gasteiger partial charge is 0.483 e. The van der Waals surface area contributed by atoms with Gasteiger partial charge in [0, 0.05) is 37.3 Å². The number of nitrogens with one attached hydrogen (secondary N) is 1. The quantitative estimate of drug-likeness (QED) is 0.748. The summed E-state index contributed by atoms with van der Waals surface area (Å²) in [7, 11) is 0. The number of para-hydroxylation sites is 1. The lowest BCUT2D eigenvalue weighted by atomic mass is 10.1. The van der Waals surface area contributed by atoms with Crippen molar-refractivity contribution in [3.8, 4) is 5.75 Å². The molecule has 0 radical (unpaired) electrons.